The predicted octanol–water partition coefficient (Wildman–Crippen LogP) is 2.93. The van der Waals surface area contributed by atoms with Crippen molar-refractivity contribution in [1.29, 1.82) is 0 Å². The first-order valence-electron chi connectivity index (χ1n) is 8.65. The van der Waals surface area contributed by atoms with E-state index in [1.807, 2.05) is 18.3 Å². The molecule has 0 aliphatic carbocycles. The van der Waals surface area contributed by atoms with E-state index in [0.717, 1.165) is 42.3 Å². The molecule has 0 atom stereocenters. The van der Waals surface area contributed by atoms with E-state index in [9.17, 15) is 0 Å². The molecule has 0 saturated heterocycles. The number of nitrogens with one attached hydrogen (secondary N) is 2. The Morgan fingerprint density at radius 3 is 2.92 bits per heavy atom. The van der Waals surface area contributed by atoms with Crippen LogP contribution in [0.2, 0.25) is 0 Å². The van der Waals surface area contributed by atoms with Crippen LogP contribution in [-0.4, -0.2) is 36.1 Å². The summed E-state index contributed by atoms with van der Waals surface area (Å²) in [5, 5.41) is 7.76. The van der Waals surface area contributed by atoms with Gasteiger partial charge in [0, 0.05) is 49.4 Å². The third-order valence-corrected chi connectivity index (χ3v) is 4.53. The highest BCUT2D eigenvalue weighted by Crippen LogP contribution is 2.14. The van der Waals surface area contributed by atoms with Gasteiger partial charge in [-0.25, -0.2) is 9.97 Å². The van der Waals surface area contributed by atoms with Crippen LogP contribution in [0, 0.1) is 6.92 Å². The number of thiazole rings is 1. The van der Waals surface area contributed by atoms with E-state index in [-0.39, 0.29) is 0 Å². The lowest BCUT2D eigenvalue weighted by atomic mass is 10.2. The maximum absolute atomic E-state index is 5.77. The molecule has 2 heterocycles. The molecule has 25 heavy (non-hydrogen) atoms. The highest BCUT2D eigenvalue weighted by molar-refractivity contribution is 7.11. The van der Waals surface area contributed by atoms with Crippen LogP contribution in [-0.2, 0) is 13.0 Å². The Morgan fingerprint density at radius 1 is 1.32 bits per heavy atom. The summed E-state index contributed by atoms with van der Waals surface area (Å²) in [4.78, 5) is 14.2. The van der Waals surface area contributed by atoms with Gasteiger partial charge in [-0.05, 0) is 19.4 Å². The minimum absolute atomic E-state index is 0.616. The number of aryl methyl sites for hydroxylation is 1. The Balaban J connectivity index is 1.80. The fourth-order valence-electron chi connectivity index (χ4n) is 2.21. The van der Waals surface area contributed by atoms with Crippen molar-refractivity contribution < 1.29 is 4.74 Å². The second-order valence-corrected chi connectivity index (χ2v) is 6.96. The fraction of sp³-hybridized carbons (Fsp3) is 0.500. The van der Waals surface area contributed by atoms with Crippen LogP contribution < -0.4 is 15.4 Å². The highest BCUT2D eigenvalue weighted by atomic mass is 32.1. The van der Waals surface area contributed by atoms with Crippen molar-refractivity contribution in [3.05, 3.63) is 40.0 Å². The lowest BCUT2D eigenvalue weighted by Crippen LogP contribution is -2.38. The van der Waals surface area contributed by atoms with E-state index >= 15 is 0 Å². The zero-order valence-corrected chi connectivity index (χ0v) is 16.0. The number of unbranched alkanes of at least 4 members (excludes halogenated alkanes) is 1. The average Bonchev–Trinajstić information content (AvgIpc) is 3.04. The number of ether oxygens (including phenoxy) is 1. The number of guanidine groups is 1. The first-order chi connectivity index (χ1) is 12.2. The molecule has 7 heteroatoms. The quantitative estimate of drug-likeness (QED) is 0.408. The molecule has 0 unspecified atom stereocenters. The van der Waals surface area contributed by atoms with Crippen molar-refractivity contribution in [3.63, 3.8) is 0 Å². The van der Waals surface area contributed by atoms with Crippen molar-refractivity contribution in [2.75, 3.05) is 20.2 Å². The van der Waals surface area contributed by atoms with Gasteiger partial charge >= 0.3 is 0 Å². The van der Waals surface area contributed by atoms with E-state index in [0.29, 0.717) is 19.0 Å². The molecule has 0 radical (unpaired) electrons. The van der Waals surface area contributed by atoms with Gasteiger partial charge in [-0.3, -0.25) is 4.99 Å². The normalized spacial score (nSPS) is 11.4. The number of aromatic nitrogens is 2. The summed E-state index contributed by atoms with van der Waals surface area (Å²) in [5.74, 6) is 1.45. The number of nitrogens with zero attached hydrogens (tertiary/aromatic N) is 3. The van der Waals surface area contributed by atoms with Crippen molar-refractivity contribution >= 4 is 17.3 Å². The summed E-state index contributed by atoms with van der Waals surface area (Å²) in [6.45, 7) is 6.32. The molecule has 0 aliphatic heterocycles. The molecule has 2 N–H and O–H groups in total. The summed E-state index contributed by atoms with van der Waals surface area (Å²) in [6, 6.07) is 3.94. The molecule has 2 aromatic rings. The number of rotatable bonds is 9. The van der Waals surface area contributed by atoms with Gasteiger partial charge in [0.15, 0.2) is 5.96 Å². The Labute approximate surface area is 153 Å². The Hall–Kier alpha value is -2.15. The van der Waals surface area contributed by atoms with Crippen molar-refractivity contribution in [1.82, 2.24) is 20.6 Å². The molecule has 6 nitrogen and oxygen atoms in total. The van der Waals surface area contributed by atoms with Gasteiger partial charge in [-0.2, -0.15) is 0 Å². The summed E-state index contributed by atoms with van der Waals surface area (Å²) in [7, 11) is 1.77. The van der Waals surface area contributed by atoms with E-state index in [1.54, 1.807) is 24.6 Å². The van der Waals surface area contributed by atoms with Crippen molar-refractivity contribution in [2.45, 2.75) is 39.7 Å². The molecule has 0 aliphatic rings. The topological polar surface area (TPSA) is 71.4 Å². The van der Waals surface area contributed by atoms with Crippen molar-refractivity contribution in [2.24, 2.45) is 4.99 Å². The molecular formula is C18H27N5OS. The number of hydrogen-bond donors (Lipinski definition) is 2. The Kier molecular flexibility index (Phi) is 8.18. The fourth-order valence-corrected chi connectivity index (χ4v) is 2.99. The molecular weight excluding hydrogens is 334 g/mol. The molecule has 136 valence electrons. The SMILES string of the molecule is CCCCOc1ncccc1CNC(=NC)NCCc1ncc(C)s1. The third-order valence-electron chi connectivity index (χ3n) is 3.56. The maximum Gasteiger partial charge on any atom is 0.218 e. The Morgan fingerprint density at radius 2 is 2.20 bits per heavy atom. The third kappa shape index (κ3) is 6.70. The summed E-state index contributed by atoms with van der Waals surface area (Å²) >= 11 is 1.73. The van der Waals surface area contributed by atoms with E-state index in [1.165, 1.54) is 4.88 Å². The lowest BCUT2D eigenvalue weighted by molar-refractivity contribution is 0.294. The summed E-state index contributed by atoms with van der Waals surface area (Å²) in [5.41, 5.74) is 1.03. The Bertz CT molecular complexity index is 671. The molecule has 2 aromatic heterocycles. The second-order valence-electron chi connectivity index (χ2n) is 5.64. The second kappa shape index (κ2) is 10.7. The molecule has 0 spiro atoms. The van der Waals surface area contributed by atoms with Gasteiger partial charge in [0.2, 0.25) is 5.88 Å². The standard InChI is InChI=1S/C18H27N5OS/c1-4-5-11-24-17-15(7-6-9-20-17)13-23-18(19-3)21-10-8-16-22-12-14(2)25-16/h6-7,9,12H,4-5,8,10-11,13H2,1-3H3,(H2,19,21,23). The molecule has 0 saturated carbocycles. The van der Waals surface area contributed by atoms with Crippen LogP contribution in [0.5, 0.6) is 5.88 Å². The minimum Gasteiger partial charge on any atom is -0.477 e. The van der Waals surface area contributed by atoms with Gasteiger partial charge in [0.25, 0.3) is 0 Å². The van der Waals surface area contributed by atoms with E-state index < -0.39 is 0 Å². The number of hydrogen-bond acceptors (Lipinski definition) is 5. The van der Waals surface area contributed by atoms with Gasteiger partial charge < -0.3 is 15.4 Å². The van der Waals surface area contributed by atoms with Crippen LogP contribution in [0.25, 0.3) is 0 Å². The van der Waals surface area contributed by atoms with Gasteiger partial charge in [-0.1, -0.05) is 19.4 Å². The first kappa shape index (κ1) is 19.2. The molecule has 0 bridgehead atoms. The summed E-state index contributed by atoms with van der Waals surface area (Å²) in [6.07, 6.45) is 6.69. The minimum atomic E-state index is 0.616. The van der Waals surface area contributed by atoms with Crippen LogP contribution in [0.15, 0.2) is 29.5 Å². The van der Waals surface area contributed by atoms with Gasteiger partial charge in [0.1, 0.15) is 0 Å². The maximum atomic E-state index is 5.77. The monoisotopic (exact) mass is 361 g/mol. The van der Waals surface area contributed by atoms with Crippen LogP contribution in [0.3, 0.4) is 0 Å². The average molecular weight is 362 g/mol. The van der Waals surface area contributed by atoms with Crippen LogP contribution in [0.4, 0.5) is 0 Å². The predicted molar refractivity (Wildman–Crippen MR) is 103 cm³/mol. The molecule has 0 aromatic carbocycles. The smallest absolute Gasteiger partial charge is 0.218 e. The van der Waals surface area contributed by atoms with E-state index in [2.05, 4.69) is 39.4 Å². The van der Waals surface area contributed by atoms with Gasteiger partial charge in [0.05, 0.1) is 11.6 Å². The van der Waals surface area contributed by atoms with Crippen LogP contribution in [0.1, 0.15) is 35.2 Å². The lowest BCUT2D eigenvalue weighted by Gasteiger charge is -2.13. The molecule has 0 amide bonds. The molecule has 0 fully saturated rings. The first-order valence-corrected chi connectivity index (χ1v) is 9.47. The van der Waals surface area contributed by atoms with Crippen LogP contribution >= 0.6 is 11.3 Å². The zero-order valence-electron chi connectivity index (χ0n) is 15.2. The summed E-state index contributed by atoms with van der Waals surface area (Å²) < 4.78 is 5.77. The largest absolute Gasteiger partial charge is 0.477 e. The van der Waals surface area contributed by atoms with Gasteiger partial charge in [-0.15, -0.1) is 11.3 Å². The zero-order chi connectivity index (χ0) is 17.9. The van der Waals surface area contributed by atoms with Crippen molar-refractivity contribution in [3.8, 4) is 5.88 Å². The van der Waals surface area contributed by atoms with E-state index in [4.69, 9.17) is 4.74 Å². The number of pyridine rings is 1. The number of aliphatic imine (C=N–C) groups is 1. The molecule has 2 rings (SSSR count). The highest BCUT2D eigenvalue weighted by Gasteiger charge is 2.06.